The second kappa shape index (κ2) is 1.37. The molecule has 0 N–H and O–H groups in total. The monoisotopic (exact) mass is 158 g/mol. The lowest BCUT2D eigenvalue weighted by Gasteiger charge is -1.99. The zero-order chi connectivity index (χ0) is 8.72. The largest absolute Gasteiger partial charge is 0.0575 e. The van der Waals surface area contributed by atoms with Crippen molar-refractivity contribution in [2.24, 2.45) is 0 Å². The molecular formula is C12H14. The lowest BCUT2D eigenvalue weighted by Crippen LogP contribution is -1.95. The van der Waals surface area contributed by atoms with E-state index < -0.39 is 0 Å². The van der Waals surface area contributed by atoms with Crippen LogP contribution in [0.2, 0.25) is 0 Å². The van der Waals surface area contributed by atoms with E-state index in [9.17, 15) is 0 Å². The average Bonchev–Trinajstić information content (AvgIpc) is 2.72. The van der Waals surface area contributed by atoms with E-state index in [-0.39, 0.29) is 0 Å². The summed E-state index contributed by atoms with van der Waals surface area (Å²) in [6.45, 7) is 9.30. The summed E-state index contributed by atoms with van der Waals surface area (Å²) in [5.41, 5.74) is 7.25. The van der Waals surface area contributed by atoms with E-state index in [1.807, 2.05) is 0 Å². The van der Waals surface area contributed by atoms with Crippen molar-refractivity contribution in [3.8, 4) is 0 Å². The first-order chi connectivity index (χ1) is 5.47. The van der Waals surface area contributed by atoms with Crippen LogP contribution in [0.25, 0.3) is 0 Å². The van der Waals surface area contributed by atoms with E-state index in [2.05, 4.69) is 39.8 Å². The van der Waals surface area contributed by atoms with Crippen LogP contribution in [0.1, 0.15) is 49.9 Å². The third kappa shape index (κ3) is 0.475. The summed E-state index contributed by atoms with van der Waals surface area (Å²) in [5.74, 6) is 0. The Bertz CT molecular complexity index is 356. The molecule has 1 aromatic rings. The van der Waals surface area contributed by atoms with Gasteiger partial charge in [-0.05, 0) is 22.3 Å². The summed E-state index contributed by atoms with van der Waals surface area (Å²) in [5, 5.41) is 0. The third-order valence-electron chi connectivity index (χ3n) is 3.68. The van der Waals surface area contributed by atoms with Crippen molar-refractivity contribution >= 4 is 0 Å². The van der Waals surface area contributed by atoms with Crippen molar-refractivity contribution in [1.29, 1.82) is 0 Å². The number of hydrogen-bond donors (Lipinski definition) is 0. The van der Waals surface area contributed by atoms with E-state index in [4.69, 9.17) is 0 Å². The lowest BCUT2D eigenvalue weighted by molar-refractivity contribution is 0.754. The number of hydrogen-bond acceptors (Lipinski definition) is 0. The quantitative estimate of drug-likeness (QED) is 0.544. The number of rotatable bonds is 0. The van der Waals surface area contributed by atoms with Crippen molar-refractivity contribution in [3.05, 3.63) is 34.4 Å². The topological polar surface area (TPSA) is 0 Å². The Labute approximate surface area is 73.6 Å². The van der Waals surface area contributed by atoms with Gasteiger partial charge in [-0.1, -0.05) is 39.8 Å². The van der Waals surface area contributed by atoms with Crippen molar-refractivity contribution in [1.82, 2.24) is 0 Å². The molecule has 2 aliphatic carbocycles. The average molecular weight is 158 g/mol. The standard InChI is InChI=1S/C12H14/c1-11(2)7-5-6-8-10(9(7)11)12(8,3)4/h5-6H,1-4H3. The normalized spacial score (nSPS) is 24.3. The molecular weight excluding hydrogens is 144 g/mol. The molecule has 62 valence electrons. The van der Waals surface area contributed by atoms with Crippen LogP contribution in [-0.2, 0) is 10.8 Å². The van der Waals surface area contributed by atoms with Crippen LogP contribution in [0.3, 0.4) is 0 Å². The molecule has 0 saturated carbocycles. The van der Waals surface area contributed by atoms with Gasteiger partial charge in [0.2, 0.25) is 0 Å². The van der Waals surface area contributed by atoms with E-state index in [0.717, 1.165) is 0 Å². The minimum absolute atomic E-state index is 0.404. The Morgan fingerprint density at radius 3 is 1.42 bits per heavy atom. The Balaban J connectivity index is 2.27. The molecule has 0 spiro atoms. The Morgan fingerprint density at radius 2 is 1.08 bits per heavy atom. The predicted molar refractivity (Wildman–Crippen MR) is 50.7 cm³/mol. The first-order valence-corrected chi connectivity index (χ1v) is 4.66. The molecule has 0 unspecified atom stereocenters. The fourth-order valence-electron chi connectivity index (χ4n) is 2.64. The van der Waals surface area contributed by atoms with Gasteiger partial charge in [-0.25, -0.2) is 0 Å². The van der Waals surface area contributed by atoms with E-state index >= 15 is 0 Å². The molecule has 0 nitrogen and oxygen atoms in total. The fourth-order valence-corrected chi connectivity index (χ4v) is 2.64. The van der Waals surface area contributed by atoms with E-state index in [0.29, 0.717) is 10.8 Å². The van der Waals surface area contributed by atoms with Crippen LogP contribution in [0, 0.1) is 0 Å². The Kier molecular flexibility index (Phi) is 0.763. The first kappa shape index (κ1) is 6.71. The van der Waals surface area contributed by atoms with Crippen molar-refractivity contribution in [2.75, 3.05) is 0 Å². The summed E-state index contributed by atoms with van der Waals surface area (Å²) >= 11 is 0. The highest BCUT2D eigenvalue weighted by atomic mass is 14.6. The Hall–Kier alpha value is -0.780. The van der Waals surface area contributed by atoms with Gasteiger partial charge in [-0.15, -0.1) is 0 Å². The maximum absolute atomic E-state index is 2.33. The van der Waals surface area contributed by atoms with Gasteiger partial charge >= 0.3 is 0 Å². The SMILES string of the molecule is CC1(C)c2ccc3c(c21)C3(C)C. The highest BCUT2D eigenvalue weighted by Gasteiger charge is 2.55. The van der Waals surface area contributed by atoms with E-state index in [1.54, 1.807) is 22.3 Å². The highest BCUT2D eigenvalue weighted by molar-refractivity contribution is 5.75. The van der Waals surface area contributed by atoms with Gasteiger partial charge in [0.1, 0.15) is 0 Å². The summed E-state index contributed by atoms with van der Waals surface area (Å²) in [6, 6.07) is 4.62. The maximum atomic E-state index is 2.33. The minimum Gasteiger partial charge on any atom is -0.0575 e. The van der Waals surface area contributed by atoms with Gasteiger partial charge in [0.05, 0.1) is 0 Å². The smallest absolute Gasteiger partial charge is 0.0155 e. The molecule has 0 heterocycles. The molecule has 2 aliphatic rings. The molecule has 0 aromatic heterocycles. The summed E-state index contributed by atoms with van der Waals surface area (Å²) in [6.07, 6.45) is 0. The first-order valence-electron chi connectivity index (χ1n) is 4.66. The zero-order valence-electron chi connectivity index (χ0n) is 8.15. The van der Waals surface area contributed by atoms with Crippen LogP contribution < -0.4 is 0 Å². The highest BCUT2D eigenvalue weighted by Crippen LogP contribution is 2.63. The van der Waals surface area contributed by atoms with Crippen molar-refractivity contribution < 1.29 is 0 Å². The van der Waals surface area contributed by atoms with Gasteiger partial charge in [-0.2, -0.15) is 0 Å². The second-order valence-electron chi connectivity index (χ2n) is 5.16. The molecule has 0 aliphatic heterocycles. The molecule has 0 saturated heterocycles. The van der Waals surface area contributed by atoms with Crippen molar-refractivity contribution in [3.63, 3.8) is 0 Å². The van der Waals surface area contributed by atoms with Crippen LogP contribution >= 0.6 is 0 Å². The zero-order valence-corrected chi connectivity index (χ0v) is 8.15. The predicted octanol–water partition coefficient (Wildman–Crippen LogP) is 2.97. The van der Waals surface area contributed by atoms with E-state index in [1.165, 1.54) is 0 Å². The molecule has 0 atom stereocenters. The molecule has 0 heteroatoms. The Morgan fingerprint density at radius 1 is 0.750 bits per heavy atom. The molecule has 3 rings (SSSR count). The number of fused-ring (bicyclic) bond motifs is 3. The summed E-state index contributed by atoms with van der Waals surface area (Å²) in [4.78, 5) is 0. The summed E-state index contributed by atoms with van der Waals surface area (Å²) < 4.78 is 0. The van der Waals surface area contributed by atoms with Crippen LogP contribution in [0.4, 0.5) is 0 Å². The van der Waals surface area contributed by atoms with Crippen LogP contribution in [0.15, 0.2) is 12.1 Å². The fraction of sp³-hybridized carbons (Fsp3) is 0.500. The second-order valence-corrected chi connectivity index (χ2v) is 5.16. The molecule has 0 radical (unpaired) electrons. The minimum atomic E-state index is 0.404. The van der Waals surface area contributed by atoms with Gasteiger partial charge in [0, 0.05) is 10.8 Å². The maximum Gasteiger partial charge on any atom is 0.0155 e. The van der Waals surface area contributed by atoms with Crippen LogP contribution in [-0.4, -0.2) is 0 Å². The summed E-state index contributed by atoms with van der Waals surface area (Å²) in [7, 11) is 0. The van der Waals surface area contributed by atoms with Crippen LogP contribution in [0.5, 0.6) is 0 Å². The van der Waals surface area contributed by atoms with Crippen molar-refractivity contribution in [2.45, 2.75) is 38.5 Å². The molecule has 0 fully saturated rings. The number of benzene rings is 1. The third-order valence-corrected chi connectivity index (χ3v) is 3.68. The van der Waals surface area contributed by atoms with Gasteiger partial charge in [-0.3, -0.25) is 0 Å². The van der Waals surface area contributed by atoms with Gasteiger partial charge in [0.15, 0.2) is 0 Å². The lowest BCUT2D eigenvalue weighted by atomic mass is 10.0. The molecule has 12 heavy (non-hydrogen) atoms. The van der Waals surface area contributed by atoms with Gasteiger partial charge < -0.3 is 0 Å². The molecule has 0 amide bonds. The molecule has 1 aromatic carbocycles. The van der Waals surface area contributed by atoms with Gasteiger partial charge in [0.25, 0.3) is 0 Å². The molecule has 0 bridgehead atoms.